The van der Waals surface area contributed by atoms with Gasteiger partial charge in [-0.15, -0.1) is 0 Å². The summed E-state index contributed by atoms with van der Waals surface area (Å²) in [5.74, 6) is -0.478. The molecule has 0 radical (unpaired) electrons. The minimum absolute atomic E-state index is 0.0151. The summed E-state index contributed by atoms with van der Waals surface area (Å²) in [6.45, 7) is 3.95. The molecule has 1 aliphatic heterocycles. The van der Waals surface area contributed by atoms with Crippen molar-refractivity contribution in [3.8, 4) is 6.07 Å². The van der Waals surface area contributed by atoms with E-state index in [1.165, 1.54) is 0 Å². The molecule has 3 atom stereocenters. The standard InChI is InChI=1S/C11H17NO2/c1-3-4-9(7-12)11(13)10-6-5-8(2)14-10/h8-10H,3-6H2,1-2H3. The van der Waals surface area contributed by atoms with Gasteiger partial charge in [0.05, 0.1) is 12.2 Å². The lowest BCUT2D eigenvalue weighted by Gasteiger charge is -2.13. The first-order chi connectivity index (χ1) is 6.69. The Labute approximate surface area is 85.1 Å². The van der Waals surface area contributed by atoms with Crippen LogP contribution in [0.3, 0.4) is 0 Å². The van der Waals surface area contributed by atoms with E-state index in [1.54, 1.807) is 0 Å². The van der Waals surface area contributed by atoms with E-state index in [0.29, 0.717) is 6.42 Å². The average Bonchev–Trinajstić information content (AvgIpc) is 2.60. The van der Waals surface area contributed by atoms with Crippen LogP contribution in [0.25, 0.3) is 0 Å². The number of nitriles is 1. The topological polar surface area (TPSA) is 50.1 Å². The van der Waals surface area contributed by atoms with Gasteiger partial charge in [0.25, 0.3) is 0 Å². The molecule has 0 saturated carbocycles. The first-order valence-corrected chi connectivity index (χ1v) is 5.27. The SMILES string of the molecule is CCCC(C#N)C(=O)C1CCC(C)O1. The lowest BCUT2D eigenvalue weighted by Crippen LogP contribution is -2.27. The lowest BCUT2D eigenvalue weighted by molar-refractivity contribution is -0.132. The fraction of sp³-hybridized carbons (Fsp3) is 0.818. The van der Waals surface area contributed by atoms with Gasteiger partial charge in [0.2, 0.25) is 0 Å². The summed E-state index contributed by atoms with van der Waals surface area (Å²) in [6.07, 6.45) is 3.09. The molecule has 1 rings (SSSR count). The van der Waals surface area contributed by atoms with Crippen LogP contribution in [0.1, 0.15) is 39.5 Å². The number of ether oxygens (including phenoxy) is 1. The highest BCUT2D eigenvalue weighted by Gasteiger charge is 2.32. The number of hydrogen-bond acceptors (Lipinski definition) is 3. The number of carbonyl (C=O) groups is 1. The molecule has 78 valence electrons. The Kier molecular flexibility index (Phi) is 4.09. The Morgan fingerprint density at radius 1 is 1.64 bits per heavy atom. The van der Waals surface area contributed by atoms with Crippen LogP contribution in [-0.2, 0) is 9.53 Å². The third kappa shape index (κ3) is 2.55. The molecule has 0 aliphatic carbocycles. The third-order valence-electron chi connectivity index (χ3n) is 2.63. The highest BCUT2D eigenvalue weighted by Crippen LogP contribution is 2.23. The molecule has 0 aromatic heterocycles. The zero-order valence-corrected chi connectivity index (χ0v) is 8.82. The predicted molar refractivity (Wildman–Crippen MR) is 52.6 cm³/mol. The van der Waals surface area contributed by atoms with Crippen molar-refractivity contribution in [1.82, 2.24) is 0 Å². The molecule has 0 amide bonds. The minimum atomic E-state index is -0.463. The molecule has 0 spiro atoms. The Morgan fingerprint density at radius 2 is 2.36 bits per heavy atom. The maximum Gasteiger partial charge on any atom is 0.178 e. The molecule has 3 nitrogen and oxygen atoms in total. The van der Waals surface area contributed by atoms with E-state index >= 15 is 0 Å². The van der Waals surface area contributed by atoms with Crippen molar-refractivity contribution >= 4 is 5.78 Å². The summed E-state index contributed by atoms with van der Waals surface area (Å²) < 4.78 is 5.45. The Morgan fingerprint density at radius 3 is 2.79 bits per heavy atom. The van der Waals surface area contributed by atoms with E-state index in [0.717, 1.165) is 19.3 Å². The maximum absolute atomic E-state index is 11.8. The zero-order valence-electron chi connectivity index (χ0n) is 8.82. The van der Waals surface area contributed by atoms with Crippen molar-refractivity contribution < 1.29 is 9.53 Å². The highest BCUT2D eigenvalue weighted by molar-refractivity contribution is 5.87. The average molecular weight is 195 g/mol. The van der Waals surface area contributed by atoms with E-state index < -0.39 is 5.92 Å². The normalized spacial score (nSPS) is 28.4. The second-order valence-electron chi connectivity index (χ2n) is 3.89. The number of rotatable bonds is 4. The molecule has 0 N–H and O–H groups in total. The van der Waals surface area contributed by atoms with Crippen LogP contribution in [0, 0.1) is 17.2 Å². The van der Waals surface area contributed by atoms with Crippen LogP contribution in [0.5, 0.6) is 0 Å². The van der Waals surface area contributed by atoms with Gasteiger partial charge < -0.3 is 4.74 Å². The van der Waals surface area contributed by atoms with Gasteiger partial charge in [0.1, 0.15) is 12.0 Å². The van der Waals surface area contributed by atoms with Crippen molar-refractivity contribution in [2.24, 2.45) is 5.92 Å². The summed E-state index contributed by atoms with van der Waals surface area (Å²) in [5.41, 5.74) is 0. The lowest BCUT2D eigenvalue weighted by atomic mass is 9.95. The fourth-order valence-electron chi connectivity index (χ4n) is 1.80. The first-order valence-electron chi connectivity index (χ1n) is 5.27. The molecule has 1 heterocycles. The molecule has 3 heteroatoms. The highest BCUT2D eigenvalue weighted by atomic mass is 16.5. The van der Waals surface area contributed by atoms with Gasteiger partial charge in [0, 0.05) is 0 Å². The Balaban J connectivity index is 2.51. The van der Waals surface area contributed by atoms with Crippen LogP contribution < -0.4 is 0 Å². The monoisotopic (exact) mass is 195 g/mol. The van der Waals surface area contributed by atoms with Gasteiger partial charge in [-0.25, -0.2) is 0 Å². The van der Waals surface area contributed by atoms with Gasteiger partial charge in [-0.3, -0.25) is 4.79 Å². The number of Topliss-reactive ketones (excluding diaryl/α,β-unsaturated/α-hetero) is 1. The largest absolute Gasteiger partial charge is 0.367 e. The van der Waals surface area contributed by atoms with Gasteiger partial charge in [-0.05, 0) is 26.2 Å². The number of carbonyl (C=O) groups excluding carboxylic acids is 1. The number of nitrogens with zero attached hydrogens (tertiary/aromatic N) is 1. The summed E-state index contributed by atoms with van der Waals surface area (Å²) in [7, 11) is 0. The molecule has 1 fully saturated rings. The van der Waals surface area contributed by atoms with Gasteiger partial charge in [-0.2, -0.15) is 5.26 Å². The van der Waals surface area contributed by atoms with Crippen molar-refractivity contribution in [2.75, 3.05) is 0 Å². The van der Waals surface area contributed by atoms with E-state index in [-0.39, 0.29) is 18.0 Å². The van der Waals surface area contributed by atoms with Crippen molar-refractivity contribution in [1.29, 1.82) is 5.26 Å². The van der Waals surface area contributed by atoms with E-state index in [4.69, 9.17) is 10.00 Å². The zero-order chi connectivity index (χ0) is 10.6. The van der Waals surface area contributed by atoms with E-state index in [2.05, 4.69) is 6.07 Å². The molecule has 1 saturated heterocycles. The molecular formula is C11H17NO2. The smallest absolute Gasteiger partial charge is 0.178 e. The number of ketones is 1. The molecule has 0 bridgehead atoms. The van der Waals surface area contributed by atoms with E-state index in [9.17, 15) is 4.79 Å². The summed E-state index contributed by atoms with van der Waals surface area (Å²) in [6, 6.07) is 2.06. The summed E-state index contributed by atoms with van der Waals surface area (Å²) in [5, 5.41) is 8.83. The quantitative estimate of drug-likeness (QED) is 0.690. The summed E-state index contributed by atoms with van der Waals surface area (Å²) in [4.78, 5) is 11.8. The third-order valence-corrected chi connectivity index (χ3v) is 2.63. The summed E-state index contributed by atoms with van der Waals surface area (Å²) >= 11 is 0. The minimum Gasteiger partial charge on any atom is -0.367 e. The second kappa shape index (κ2) is 5.11. The fourth-order valence-corrected chi connectivity index (χ4v) is 1.80. The van der Waals surface area contributed by atoms with Crippen LogP contribution in [0.15, 0.2) is 0 Å². The Hall–Kier alpha value is -0.880. The molecular weight excluding hydrogens is 178 g/mol. The van der Waals surface area contributed by atoms with Crippen molar-refractivity contribution in [2.45, 2.75) is 51.7 Å². The number of hydrogen-bond donors (Lipinski definition) is 0. The van der Waals surface area contributed by atoms with Crippen LogP contribution in [0.4, 0.5) is 0 Å². The molecule has 1 aliphatic rings. The predicted octanol–water partition coefficient (Wildman–Crippen LogP) is 2.06. The molecule has 14 heavy (non-hydrogen) atoms. The van der Waals surface area contributed by atoms with Gasteiger partial charge in [0.15, 0.2) is 5.78 Å². The van der Waals surface area contributed by atoms with E-state index in [1.807, 2.05) is 13.8 Å². The van der Waals surface area contributed by atoms with Gasteiger partial charge >= 0.3 is 0 Å². The van der Waals surface area contributed by atoms with Gasteiger partial charge in [-0.1, -0.05) is 13.3 Å². The van der Waals surface area contributed by atoms with Crippen molar-refractivity contribution in [3.63, 3.8) is 0 Å². The Bertz CT molecular complexity index is 244. The van der Waals surface area contributed by atoms with Crippen molar-refractivity contribution in [3.05, 3.63) is 0 Å². The molecule has 0 aromatic carbocycles. The van der Waals surface area contributed by atoms with Crippen LogP contribution in [-0.4, -0.2) is 18.0 Å². The van der Waals surface area contributed by atoms with Crippen LogP contribution >= 0.6 is 0 Å². The second-order valence-corrected chi connectivity index (χ2v) is 3.89. The van der Waals surface area contributed by atoms with Crippen LogP contribution in [0.2, 0.25) is 0 Å². The molecule has 3 unspecified atom stereocenters. The first kappa shape index (κ1) is 11.2. The molecule has 0 aromatic rings. The maximum atomic E-state index is 11.8.